The number of nitrogens with one attached hydrogen (secondary N) is 2. The van der Waals surface area contributed by atoms with E-state index in [1.165, 1.54) is 6.07 Å². The van der Waals surface area contributed by atoms with E-state index in [-0.39, 0.29) is 43.1 Å². The van der Waals surface area contributed by atoms with Gasteiger partial charge in [-0.05, 0) is 19.2 Å². The lowest BCUT2D eigenvalue weighted by atomic mass is 10.1. The monoisotopic (exact) mass is 338 g/mol. The minimum atomic E-state index is -1.02. The van der Waals surface area contributed by atoms with Crippen molar-refractivity contribution in [1.82, 2.24) is 10.6 Å². The van der Waals surface area contributed by atoms with E-state index in [0.29, 0.717) is 6.54 Å². The number of hydrogen-bond donors (Lipinski definition) is 3. The number of rotatable bonds is 8. The molecule has 0 heterocycles. The molecule has 3 N–H and O–H groups in total. The summed E-state index contributed by atoms with van der Waals surface area (Å²) in [6, 6.07) is 3.10. The van der Waals surface area contributed by atoms with Crippen molar-refractivity contribution in [2.24, 2.45) is 5.92 Å². The zero-order chi connectivity index (χ0) is 15.8. The van der Waals surface area contributed by atoms with E-state index in [9.17, 15) is 18.7 Å². The van der Waals surface area contributed by atoms with E-state index in [0.717, 1.165) is 12.1 Å². The van der Waals surface area contributed by atoms with Gasteiger partial charge in [-0.2, -0.15) is 0 Å². The van der Waals surface area contributed by atoms with Crippen molar-refractivity contribution in [3.63, 3.8) is 0 Å². The quantitative estimate of drug-likeness (QED) is 0.664. The van der Waals surface area contributed by atoms with Gasteiger partial charge in [0.2, 0.25) is 5.91 Å². The number of benzene rings is 1. The fraction of sp³-hybridized carbons (Fsp3) is 0.500. The van der Waals surface area contributed by atoms with Gasteiger partial charge >= 0.3 is 0 Å². The van der Waals surface area contributed by atoms with Crippen LogP contribution < -0.4 is 15.4 Å². The maximum absolute atomic E-state index is 12.9. The average molecular weight is 339 g/mol. The number of carbonyl (C=O) groups excluding carboxylic acids is 1. The van der Waals surface area contributed by atoms with Crippen molar-refractivity contribution in [3.05, 3.63) is 29.8 Å². The average Bonchev–Trinajstić information content (AvgIpc) is 2.46. The number of carbonyl (C=O) groups is 1. The summed E-state index contributed by atoms with van der Waals surface area (Å²) in [7, 11) is 1.74. The van der Waals surface area contributed by atoms with Crippen LogP contribution in [0.5, 0.6) is 5.75 Å². The molecule has 0 aliphatic heterocycles. The Balaban J connectivity index is 0.00000441. The molecule has 2 atom stereocenters. The van der Waals surface area contributed by atoms with E-state index in [4.69, 9.17) is 4.74 Å². The molecule has 1 rings (SSSR count). The molecule has 0 aromatic heterocycles. The van der Waals surface area contributed by atoms with E-state index < -0.39 is 17.7 Å². The van der Waals surface area contributed by atoms with Crippen LogP contribution in [0.1, 0.15) is 6.92 Å². The van der Waals surface area contributed by atoms with Crippen molar-refractivity contribution in [1.29, 1.82) is 0 Å². The summed E-state index contributed by atoms with van der Waals surface area (Å²) in [5.41, 5.74) is 0. The van der Waals surface area contributed by atoms with Crippen LogP contribution in [0.2, 0.25) is 0 Å². The first-order valence-corrected chi connectivity index (χ1v) is 6.62. The zero-order valence-electron chi connectivity index (χ0n) is 12.4. The Morgan fingerprint density at radius 3 is 2.59 bits per heavy atom. The predicted octanol–water partition coefficient (Wildman–Crippen LogP) is 1.10. The van der Waals surface area contributed by atoms with Gasteiger partial charge in [0.15, 0.2) is 11.6 Å². The summed E-state index contributed by atoms with van der Waals surface area (Å²) in [5.74, 6) is -2.27. The molecule has 1 aromatic carbocycles. The topological polar surface area (TPSA) is 70.6 Å². The van der Waals surface area contributed by atoms with Gasteiger partial charge in [0.05, 0.1) is 0 Å². The Hall–Kier alpha value is -1.44. The van der Waals surface area contributed by atoms with Crippen LogP contribution in [0.4, 0.5) is 8.78 Å². The molecule has 22 heavy (non-hydrogen) atoms. The zero-order valence-corrected chi connectivity index (χ0v) is 13.3. The van der Waals surface area contributed by atoms with Gasteiger partial charge < -0.3 is 20.5 Å². The number of halogens is 3. The Labute approximate surface area is 134 Å². The van der Waals surface area contributed by atoms with E-state index in [1.807, 2.05) is 0 Å². The van der Waals surface area contributed by atoms with Crippen LogP contribution in [-0.4, -0.2) is 43.9 Å². The van der Waals surface area contributed by atoms with Crippen molar-refractivity contribution in [3.8, 4) is 5.75 Å². The molecule has 0 fully saturated rings. The Kier molecular flexibility index (Phi) is 9.64. The van der Waals surface area contributed by atoms with Crippen LogP contribution in [0.25, 0.3) is 0 Å². The molecule has 0 radical (unpaired) electrons. The molecule has 1 amide bonds. The van der Waals surface area contributed by atoms with Gasteiger partial charge in [0, 0.05) is 25.1 Å². The van der Waals surface area contributed by atoms with Gasteiger partial charge in [-0.3, -0.25) is 4.79 Å². The molecule has 8 heteroatoms. The van der Waals surface area contributed by atoms with Crippen LogP contribution in [0.15, 0.2) is 18.2 Å². The summed E-state index contributed by atoms with van der Waals surface area (Å²) in [6.45, 7) is 2.19. The van der Waals surface area contributed by atoms with Crippen molar-refractivity contribution in [2.45, 2.75) is 13.0 Å². The Morgan fingerprint density at radius 1 is 1.32 bits per heavy atom. The molecular formula is C14H21ClF2N2O3. The highest BCUT2D eigenvalue weighted by atomic mass is 35.5. The number of ether oxygens (including phenoxy) is 1. The highest BCUT2D eigenvalue weighted by molar-refractivity contribution is 5.85. The lowest BCUT2D eigenvalue weighted by molar-refractivity contribution is -0.124. The van der Waals surface area contributed by atoms with Gasteiger partial charge in [-0.15, -0.1) is 12.4 Å². The fourth-order valence-electron chi connectivity index (χ4n) is 1.61. The number of amides is 1. The summed E-state index contributed by atoms with van der Waals surface area (Å²) < 4.78 is 30.8. The summed E-state index contributed by atoms with van der Waals surface area (Å²) in [6.07, 6.45) is -0.941. The van der Waals surface area contributed by atoms with Crippen LogP contribution in [0.3, 0.4) is 0 Å². The smallest absolute Gasteiger partial charge is 0.224 e. The third-order valence-corrected chi connectivity index (χ3v) is 2.80. The Bertz CT molecular complexity index is 477. The molecule has 0 saturated carbocycles. The van der Waals surface area contributed by atoms with E-state index >= 15 is 0 Å². The lowest BCUT2D eigenvalue weighted by Crippen LogP contribution is -2.40. The third-order valence-electron chi connectivity index (χ3n) is 2.80. The molecule has 126 valence electrons. The first-order valence-electron chi connectivity index (χ1n) is 6.62. The third kappa shape index (κ3) is 7.02. The fourth-order valence-corrected chi connectivity index (χ4v) is 1.61. The number of aliphatic hydroxyl groups is 1. The molecule has 0 aliphatic carbocycles. The van der Waals surface area contributed by atoms with Crippen molar-refractivity contribution >= 4 is 18.3 Å². The highest BCUT2D eigenvalue weighted by Crippen LogP contribution is 2.15. The highest BCUT2D eigenvalue weighted by Gasteiger charge is 2.14. The molecule has 2 unspecified atom stereocenters. The molecule has 0 spiro atoms. The second-order valence-corrected chi connectivity index (χ2v) is 4.74. The molecule has 0 bridgehead atoms. The van der Waals surface area contributed by atoms with Gasteiger partial charge in [-0.1, -0.05) is 6.92 Å². The van der Waals surface area contributed by atoms with Gasteiger partial charge in [-0.25, -0.2) is 8.78 Å². The maximum atomic E-state index is 12.9. The second-order valence-electron chi connectivity index (χ2n) is 4.74. The van der Waals surface area contributed by atoms with Crippen LogP contribution in [-0.2, 0) is 4.79 Å². The minimum absolute atomic E-state index is 0. The van der Waals surface area contributed by atoms with Crippen molar-refractivity contribution < 1.29 is 23.4 Å². The van der Waals surface area contributed by atoms with E-state index in [1.54, 1.807) is 14.0 Å². The van der Waals surface area contributed by atoms with Gasteiger partial charge in [0.1, 0.15) is 18.5 Å². The summed E-state index contributed by atoms with van der Waals surface area (Å²) >= 11 is 0. The van der Waals surface area contributed by atoms with Crippen molar-refractivity contribution in [2.75, 3.05) is 26.7 Å². The second kappa shape index (κ2) is 10.3. The molecule has 0 saturated heterocycles. The predicted molar refractivity (Wildman–Crippen MR) is 81.2 cm³/mol. The summed E-state index contributed by atoms with van der Waals surface area (Å²) in [5, 5.41) is 15.1. The SMILES string of the molecule is CNCC(C)C(=O)NCC(O)COc1ccc(F)c(F)c1.Cl. The lowest BCUT2D eigenvalue weighted by Gasteiger charge is -2.15. The molecular weight excluding hydrogens is 318 g/mol. The summed E-state index contributed by atoms with van der Waals surface area (Å²) in [4.78, 5) is 11.6. The normalized spacial score (nSPS) is 13.0. The number of aliphatic hydroxyl groups excluding tert-OH is 1. The first-order chi connectivity index (χ1) is 9.93. The maximum Gasteiger partial charge on any atom is 0.224 e. The first kappa shape index (κ1) is 20.6. The molecule has 1 aromatic rings. The van der Waals surface area contributed by atoms with Crippen LogP contribution in [0, 0.1) is 17.6 Å². The van der Waals surface area contributed by atoms with Gasteiger partial charge in [0.25, 0.3) is 0 Å². The Morgan fingerprint density at radius 2 is 2.00 bits per heavy atom. The van der Waals surface area contributed by atoms with E-state index in [2.05, 4.69) is 10.6 Å². The largest absolute Gasteiger partial charge is 0.491 e. The standard InChI is InChI=1S/C14H20F2N2O3.ClH/c1-9(6-17-2)14(20)18-7-10(19)8-21-11-3-4-12(15)13(16)5-11;/h3-5,9-10,17,19H,6-8H2,1-2H3,(H,18,20);1H. The molecule has 5 nitrogen and oxygen atoms in total. The van der Waals surface area contributed by atoms with Crippen LogP contribution >= 0.6 is 12.4 Å². The number of hydrogen-bond acceptors (Lipinski definition) is 4. The molecule has 0 aliphatic rings. The minimum Gasteiger partial charge on any atom is -0.491 e.